The van der Waals surface area contributed by atoms with Gasteiger partial charge in [-0.2, -0.15) is 0 Å². The Morgan fingerprint density at radius 2 is 1.84 bits per heavy atom. The van der Waals surface area contributed by atoms with Gasteiger partial charge in [-0.15, -0.1) is 0 Å². The fourth-order valence-electron chi connectivity index (χ4n) is 2.50. The molecule has 2 aromatic heterocycles. The zero-order chi connectivity index (χ0) is 18.2. The third-order valence-electron chi connectivity index (χ3n) is 4.52. The minimum absolute atomic E-state index is 0.00895. The number of fused-ring (bicyclic) bond motifs is 1. The Balaban J connectivity index is 2.05. The zero-order valence-electron chi connectivity index (χ0n) is 14.9. The molecule has 25 heavy (non-hydrogen) atoms. The number of rotatable bonds is 3. The normalized spacial score (nSPS) is 13.0. The zero-order valence-corrected chi connectivity index (χ0v) is 14.9. The predicted molar refractivity (Wildman–Crippen MR) is 97.0 cm³/mol. The van der Waals surface area contributed by atoms with Gasteiger partial charge in [-0.25, -0.2) is 9.37 Å². The van der Waals surface area contributed by atoms with Gasteiger partial charge in [-0.1, -0.05) is 26.8 Å². The Bertz CT molecular complexity index is 907. The number of hydrogen-bond acceptors (Lipinski definition) is 2. The van der Waals surface area contributed by atoms with E-state index in [-0.39, 0.29) is 23.2 Å². The summed E-state index contributed by atoms with van der Waals surface area (Å²) in [5, 5.41) is 3.02. The molecule has 1 unspecified atom stereocenters. The van der Waals surface area contributed by atoms with Gasteiger partial charge in [-0.05, 0) is 48.7 Å². The lowest BCUT2D eigenvalue weighted by molar-refractivity contribution is 0.0899. The quantitative estimate of drug-likeness (QED) is 0.773. The molecule has 0 saturated carbocycles. The van der Waals surface area contributed by atoms with Crippen LogP contribution >= 0.6 is 0 Å². The van der Waals surface area contributed by atoms with Gasteiger partial charge in [0.05, 0.1) is 11.2 Å². The van der Waals surface area contributed by atoms with Crippen LogP contribution in [-0.4, -0.2) is 21.3 Å². The van der Waals surface area contributed by atoms with Crippen molar-refractivity contribution in [1.82, 2.24) is 14.7 Å². The van der Waals surface area contributed by atoms with E-state index in [1.54, 1.807) is 16.5 Å². The first-order valence-electron chi connectivity index (χ1n) is 8.31. The van der Waals surface area contributed by atoms with E-state index in [0.717, 1.165) is 11.1 Å². The molecule has 0 fully saturated rings. The van der Waals surface area contributed by atoms with E-state index in [1.165, 1.54) is 12.1 Å². The molecule has 0 aliphatic heterocycles. The van der Waals surface area contributed by atoms with Gasteiger partial charge < -0.3 is 5.32 Å². The van der Waals surface area contributed by atoms with Crippen molar-refractivity contribution in [2.24, 2.45) is 5.41 Å². The third kappa shape index (κ3) is 3.40. The van der Waals surface area contributed by atoms with Gasteiger partial charge in [-0.3, -0.25) is 9.20 Å². The van der Waals surface area contributed by atoms with Crippen LogP contribution in [0.5, 0.6) is 0 Å². The minimum atomic E-state index is -0.302. The van der Waals surface area contributed by atoms with Crippen LogP contribution < -0.4 is 5.32 Å². The molecular formula is C20H22FN3O. The highest BCUT2D eigenvalue weighted by Crippen LogP contribution is 2.26. The average molecular weight is 339 g/mol. The lowest BCUT2D eigenvalue weighted by Crippen LogP contribution is -2.42. The van der Waals surface area contributed by atoms with Crippen molar-refractivity contribution in [1.29, 1.82) is 0 Å². The van der Waals surface area contributed by atoms with Crippen LogP contribution in [0.3, 0.4) is 0 Å². The van der Waals surface area contributed by atoms with Crippen molar-refractivity contribution in [2.75, 3.05) is 0 Å². The molecule has 0 aliphatic rings. The molecule has 1 atom stereocenters. The second-order valence-electron chi connectivity index (χ2n) is 7.31. The van der Waals surface area contributed by atoms with E-state index in [0.29, 0.717) is 11.5 Å². The fraction of sp³-hybridized carbons (Fsp3) is 0.300. The number of imidazole rings is 1. The maximum atomic E-state index is 13.2. The fourth-order valence-corrected chi connectivity index (χ4v) is 2.50. The molecule has 0 spiro atoms. The maximum Gasteiger partial charge on any atom is 0.287 e. The summed E-state index contributed by atoms with van der Waals surface area (Å²) in [5.41, 5.74) is 2.19. The SMILES string of the molecule is CC(NC(=O)c1nc(-c2ccc(F)cc2)c2ccccn12)C(C)(C)C. The Labute approximate surface area is 146 Å². The van der Waals surface area contributed by atoms with Crippen molar-refractivity contribution in [2.45, 2.75) is 33.7 Å². The summed E-state index contributed by atoms with van der Waals surface area (Å²) in [6.07, 6.45) is 1.81. The van der Waals surface area contributed by atoms with Crippen LogP contribution in [-0.2, 0) is 0 Å². The number of benzene rings is 1. The van der Waals surface area contributed by atoms with E-state index in [4.69, 9.17) is 0 Å². The van der Waals surface area contributed by atoms with E-state index in [1.807, 2.05) is 31.3 Å². The summed E-state index contributed by atoms with van der Waals surface area (Å²) in [6, 6.07) is 11.8. The highest BCUT2D eigenvalue weighted by Gasteiger charge is 2.25. The highest BCUT2D eigenvalue weighted by atomic mass is 19.1. The smallest absolute Gasteiger partial charge is 0.287 e. The van der Waals surface area contributed by atoms with Gasteiger partial charge in [0.1, 0.15) is 5.82 Å². The molecule has 5 heteroatoms. The molecule has 0 aliphatic carbocycles. The first-order chi connectivity index (χ1) is 11.8. The van der Waals surface area contributed by atoms with E-state index < -0.39 is 0 Å². The van der Waals surface area contributed by atoms with Crippen LogP contribution in [0.2, 0.25) is 0 Å². The molecule has 3 rings (SSSR count). The minimum Gasteiger partial charge on any atom is -0.346 e. The molecule has 0 radical (unpaired) electrons. The summed E-state index contributed by atoms with van der Waals surface area (Å²) in [4.78, 5) is 17.3. The van der Waals surface area contributed by atoms with Gasteiger partial charge >= 0.3 is 0 Å². The number of halogens is 1. The third-order valence-corrected chi connectivity index (χ3v) is 4.52. The number of amides is 1. The standard InChI is InChI=1S/C20H22FN3O/c1-13(20(2,3)4)22-19(25)18-23-17(14-8-10-15(21)11-9-14)16-7-5-6-12-24(16)18/h5-13H,1-4H3,(H,22,25). The van der Waals surface area contributed by atoms with Crippen molar-refractivity contribution in [3.8, 4) is 11.3 Å². The molecule has 0 bridgehead atoms. The van der Waals surface area contributed by atoms with Crippen molar-refractivity contribution in [3.63, 3.8) is 0 Å². The number of nitrogens with one attached hydrogen (secondary N) is 1. The average Bonchev–Trinajstić information content (AvgIpc) is 2.94. The van der Waals surface area contributed by atoms with Gasteiger partial charge in [0, 0.05) is 17.8 Å². The van der Waals surface area contributed by atoms with Crippen LogP contribution in [0.4, 0.5) is 4.39 Å². The van der Waals surface area contributed by atoms with Crippen molar-refractivity contribution < 1.29 is 9.18 Å². The van der Waals surface area contributed by atoms with Crippen LogP contribution in [0.15, 0.2) is 48.7 Å². The Hall–Kier alpha value is -2.69. The molecule has 1 aromatic carbocycles. The second-order valence-corrected chi connectivity index (χ2v) is 7.31. The maximum absolute atomic E-state index is 13.2. The lowest BCUT2D eigenvalue weighted by Gasteiger charge is -2.27. The topological polar surface area (TPSA) is 46.4 Å². The number of carbonyl (C=O) groups excluding carboxylic acids is 1. The first-order valence-corrected chi connectivity index (χ1v) is 8.31. The Kier molecular flexibility index (Phi) is 4.33. The Morgan fingerprint density at radius 3 is 2.48 bits per heavy atom. The molecular weight excluding hydrogens is 317 g/mol. The molecule has 1 amide bonds. The van der Waals surface area contributed by atoms with E-state index in [9.17, 15) is 9.18 Å². The van der Waals surface area contributed by atoms with Crippen molar-refractivity contribution in [3.05, 3.63) is 60.3 Å². The number of hydrogen-bond donors (Lipinski definition) is 1. The second kappa shape index (κ2) is 6.31. The summed E-state index contributed by atoms with van der Waals surface area (Å²) in [7, 11) is 0. The van der Waals surface area contributed by atoms with Crippen LogP contribution in [0.25, 0.3) is 16.8 Å². The van der Waals surface area contributed by atoms with Gasteiger partial charge in [0.15, 0.2) is 0 Å². The van der Waals surface area contributed by atoms with E-state index in [2.05, 4.69) is 31.1 Å². The summed E-state index contributed by atoms with van der Waals surface area (Å²) in [5.74, 6) is -0.202. The number of aromatic nitrogens is 2. The molecule has 130 valence electrons. The predicted octanol–water partition coefficient (Wildman–Crippen LogP) is 4.30. The summed E-state index contributed by atoms with van der Waals surface area (Å²) in [6.45, 7) is 8.21. The van der Waals surface area contributed by atoms with Crippen LogP contribution in [0.1, 0.15) is 38.3 Å². The number of pyridine rings is 1. The molecule has 2 heterocycles. The van der Waals surface area contributed by atoms with E-state index >= 15 is 0 Å². The Morgan fingerprint density at radius 1 is 1.16 bits per heavy atom. The van der Waals surface area contributed by atoms with Gasteiger partial charge in [0.2, 0.25) is 5.82 Å². The first kappa shape index (κ1) is 17.1. The monoisotopic (exact) mass is 339 g/mol. The van der Waals surface area contributed by atoms with Crippen molar-refractivity contribution >= 4 is 11.4 Å². The van der Waals surface area contributed by atoms with Gasteiger partial charge in [0.25, 0.3) is 5.91 Å². The molecule has 1 N–H and O–H groups in total. The molecule has 3 aromatic rings. The molecule has 0 saturated heterocycles. The summed E-state index contributed by atoms with van der Waals surface area (Å²) >= 11 is 0. The largest absolute Gasteiger partial charge is 0.346 e. The number of carbonyl (C=O) groups is 1. The molecule has 4 nitrogen and oxygen atoms in total. The highest BCUT2D eigenvalue weighted by molar-refractivity contribution is 5.94. The number of nitrogens with zero attached hydrogens (tertiary/aromatic N) is 2. The lowest BCUT2D eigenvalue weighted by atomic mass is 9.88. The summed E-state index contributed by atoms with van der Waals surface area (Å²) < 4.78 is 15.0. The van der Waals surface area contributed by atoms with Crippen LogP contribution in [0, 0.1) is 11.2 Å².